The number of hydrogen-bond acceptors (Lipinski definition) is 2. The Hall–Kier alpha value is -1.58. The lowest BCUT2D eigenvalue weighted by Gasteiger charge is -2.09. The van der Waals surface area contributed by atoms with Crippen molar-refractivity contribution >= 4 is 34.4 Å². The van der Waals surface area contributed by atoms with E-state index < -0.39 is 0 Å². The van der Waals surface area contributed by atoms with E-state index in [1.165, 1.54) is 0 Å². The highest BCUT2D eigenvalue weighted by molar-refractivity contribution is 6.32. The van der Waals surface area contributed by atoms with E-state index in [4.69, 9.17) is 23.2 Å². The van der Waals surface area contributed by atoms with Crippen molar-refractivity contribution in [2.45, 2.75) is 13.3 Å². The van der Waals surface area contributed by atoms with Crippen LogP contribution in [0.15, 0.2) is 36.5 Å². The van der Waals surface area contributed by atoms with Gasteiger partial charge in [-0.15, -0.1) is 11.6 Å². The van der Waals surface area contributed by atoms with Gasteiger partial charge in [0.15, 0.2) is 5.65 Å². The van der Waals surface area contributed by atoms with Gasteiger partial charge < -0.3 is 0 Å². The number of benzene rings is 1. The summed E-state index contributed by atoms with van der Waals surface area (Å²) >= 11 is 12.2. The number of fused-ring (bicyclic) bond motifs is 1. The van der Waals surface area contributed by atoms with Crippen molar-refractivity contribution in [3.05, 3.63) is 52.9 Å². The molecule has 5 heteroatoms. The van der Waals surface area contributed by atoms with Gasteiger partial charge >= 0.3 is 0 Å². The zero-order valence-corrected chi connectivity index (χ0v) is 12.5. The summed E-state index contributed by atoms with van der Waals surface area (Å²) in [6, 6.07) is 9.64. The maximum Gasteiger partial charge on any atom is 0.164 e. The molecule has 0 radical (unpaired) electrons. The topological polar surface area (TPSA) is 30.7 Å². The number of aryl methyl sites for hydroxylation is 2. The normalized spacial score (nSPS) is 11.2. The summed E-state index contributed by atoms with van der Waals surface area (Å²) in [5, 5.41) is 0.672. The molecule has 0 atom stereocenters. The zero-order chi connectivity index (χ0) is 14.1. The quantitative estimate of drug-likeness (QED) is 0.680. The largest absolute Gasteiger partial charge is 0.279 e. The van der Waals surface area contributed by atoms with E-state index in [-0.39, 0.29) is 0 Å². The van der Waals surface area contributed by atoms with E-state index in [0.29, 0.717) is 17.3 Å². The van der Waals surface area contributed by atoms with Crippen LogP contribution in [0.5, 0.6) is 0 Å². The number of pyridine rings is 1. The minimum absolute atomic E-state index is 0.507. The SMILES string of the molecule is Cc1ccnc2c1nc(CCCl)n2-c1ccccc1Cl. The summed E-state index contributed by atoms with van der Waals surface area (Å²) in [5.74, 6) is 1.39. The number of imidazole rings is 1. The smallest absolute Gasteiger partial charge is 0.164 e. The second-order valence-corrected chi connectivity index (χ2v) is 5.34. The van der Waals surface area contributed by atoms with Crippen LogP contribution in [0.25, 0.3) is 16.9 Å². The van der Waals surface area contributed by atoms with Crippen molar-refractivity contribution in [3.63, 3.8) is 0 Å². The van der Waals surface area contributed by atoms with Crippen LogP contribution >= 0.6 is 23.2 Å². The summed E-state index contributed by atoms with van der Waals surface area (Å²) in [4.78, 5) is 9.14. The first-order valence-corrected chi connectivity index (χ1v) is 7.27. The molecule has 2 aromatic heterocycles. The number of para-hydroxylation sites is 1. The molecule has 0 N–H and O–H groups in total. The fourth-order valence-corrected chi connectivity index (χ4v) is 2.67. The number of nitrogens with zero attached hydrogens (tertiary/aromatic N) is 3. The summed E-state index contributed by atoms with van der Waals surface area (Å²) < 4.78 is 1.99. The molecule has 0 unspecified atom stereocenters. The molecule has 3 aromatic rings. The molecule has 2 heterocycles. The molecule has 0 aliphatic heterocycles. The number of rotatable bonds is 3. The summed E-state index contributed by atoms with van der Waals surface area (Å²) in [6.07, 6.45) is 2.46. The van der Waals surface area contributed by atoms with E-state index in [1.807, 2.05) is 41.8 Å². The Kier molecular flexibility index (Phi) is 3.64. The van der Waals surface area contributed by atoms with Gasteiger partial charge in [-0.3, -0.25) is 4.57 Å². The molecule has 0 aliphatic rings. The first-order valence-electron chi connectivity index (χ1n) is 6.36. The van der Waals surface area contributed by atoms with Gasteiger partial charge in [-0.2, -0.15) is 0 Å². The van der Waals surface area contributed by atoms with Crippen LogP contribution in [0.1, 0.15) is 11.4 Å². The number of hydrogen-bond donors (Lipinski definition) is 0. The summed E-state index contributed by atoms with van der Waals surface area (Å²) in [7, 11) is 0. The molecule has 0 fully saturated rings. The Bertz CT molecular complexity index is 765. The molecule has 102 valence electrons. The van der Waals surface area contributed by atoms with E-state index >= 15 is 0 Å². The number of halogens is 2. The van der Waals surface area contributed by atoms with Crippen LogP contribution in [0, 0.1) is 6.92 Å². The molecule has 0 aliphatic carbocycles. The van der Waals surface area contributed by atoms with Crippen LogP contribution in [0.4, 0.5) is 0 Å². The van der Waals surface area contributed by atoms with Crippen LogP contribution in [-0.4, -0.2) is 20.4 Å². The summed E-state index contributed by atoms with van der Waals surface area (Å²) in [6.45, 7) is 2.03. The minimum Gasteiger partial charge on any atom is -0.279 e. The molecular weight excluding hydrogens is 293 g/mol. The van der Waals surface area contributed by atoms with Crippen LogP contribution in [0.2, 0.25) is 5.02 Å². The standard InChI is InChI=1S/C15H13Cl2N3/c1-10-7-9-18-15-14(10)19-13(6-8-16)20(15)12-5-3-2-4-11(12)17/h2-5,7,9H,6,8H2,1H3. The third-order valence-electron chi connectivity index (χ3n) is 3.23. The van der Waals surface area contributed by atoms with Crippen molar-refractivity contribution in [3.8, 4) is 5.69 Å². The number of aromatic nitrogens is 3. The fourth-order valence-electron chi connectivity index (χ4n) is 2.28. The molecule has 0 saturated carbocycles. The van der Waals surface area contributed by atoms with Gasteiger partial charge in [0.05, 0.1) is 10.7 Å². The predicted molar refractivity (Wildman–Crippen MR) is 83.0 cm³/mol. The molecule has 3 nitrogen and oxygen atoms in total. The monoisotopic (exact) mass is 305 g/mol. The molecule has 0 spiro atoms. The third-order valence-corrected chi connectivity index (χ3v) is 3.74. The van der Waals surface area contributed by atoms with Gasteiger partial charge in [0, 0.05) is 18.5 Å². The average Bonchev–Trinajstić information content (AvgIpc) is 2.80. The molecule has 0 bridgehead atoms. The lowest BCUT2D eigenvalue weighted by atomic mass is 10.2. The van der Waals surface area contributed by atoms with Crippen LogP contribution in [0.3, 0.4) is 0 Å². The Balaban J connectivity index is 2.35. The molecule has 3 rings (SSSR count). The van der Waals surface area contributed by atoms with E-state index in [2.05, 4.69) is 9.97 Å². The number of alkyl halides is 1. The van der Waals surface area contributed by atoms with Crippen molar-refractivity contribution in [1.29, 1.82) is 0 Å². The van der Waals surface area contributed by atoms with Gasteiger partial charge in [0.2, 0.25) is 0 Å². The highest BCUT2D eigenvalue weighted by Crippen LogP contribution is 2.27. The maximum absolute atomic E-state index is 6.32. The predicted octanol–water partition coefficient (Wildman–Crippen LogP) is 4.16. The van der Waals surface area contributed by atoms with Gasteiger partial charge in [0.25, 0.3) is 0 Å². The maximum atomic E-state index is 6.32. The molecular formula is C15H13Cl2N3. The Morgan fingerprint density at radius 1 is 1.20 bits per heavy atom. The second kappa shape index (κ2) is 5.43. The Morgan fingerprint density at radius 3 is 2.75 bits per heavy atom. The fraction of sp³-hybridized carbons (Fsp3) is 0.200. The Morgan fingerprint density at radius 2 is 2.00 bits per heavy atom. The van der Waals surface area contributed by atoms with E-state index in [1.54, 1.807) is 6.20 Å². The van der Waals surface area contributed by atoms with E-state index in [9.17, 15) is 0 Å². The van der Waals surface area contributed by atoms with Crippen molar-refractivity contribution in [2.24, 2.45) is 0 Å². The van der Waals surface area contributed by atoms with Crippen molar-refractivity contribution in [1.82, 2.24) is 14.5 Å². The molecule has 0 saturated heterocycles. The molecule has 1 aromatic carbocycles. The molecule has 20 heavy (non-hydrogen) atoms. The highest BCUT2D eigenvalue weighted by atomic mass is 35.5. The second-order valence-electron chi connectivity index (χ2n) is 4.55. The van der Waals surface area contributed by atoms with Gasteiger partial charge in [-0.05, 0) is 30.7 Å². The first kappa shape index (κ1) is 13.4. The lowest BCUT2D eigenvalue weighted by molar-refractivity contribution is 0.905. The van der Waals surface area contributed by atoms with Crippen molar-refractivity contribution in [2.75, 3.05) is 5.88 Å². The van der Waals surface area contributed by atoms with Crippen molar-refractivity contribution < 1.29 is 0 Å². The molecule has 0 amide bonds. The van der Waals surface area contributed by atoms with Crippen LogP contribution < -0.4 is 0 Å². The lowest BCUT2D eigenvalue weighted by Crippen LogP contribution is -2.03. The highest BCUT2D eigenvalue weighted by Gasteiger charge is 2.16. The van der Waals surface area contributed by atoms with Gasteiger partial charge in [0.1, 0.15) is 11.3 Å². The van der Waals surface area contributed by atoms with E-state index in [0.717, 1.165) is 28.2 Å². The Labute approximate surface area is 127 Å². The zero-order valence-electron chi connectivity index (χ0n) is 11.0. The van der Waals surface area contributed by atoms with Gasteiger partial charge in [-0.25, -0.2) is 9.97 Å². The third kappa shape index (κ3) is 2.17. The first-order chi connectivity index (χ1) is 9.72. The summed E-state index contributed by atoms with van der Waals surface area (Å²) in [5.41, 5.74) is 3.69. The van der Waals surface area contributed by atoms with Gasteiger partial charge in [-0.1, -0.05) is 23.7 Å². The van der Waals surface area contributed by atoms with Crippen LogP contribution in [-0.2, 0) is 6.42 Å². The minimum atomic E-state index is 0.507. The average molecular weight is 306 g/mol.